The van der Waals surface area contributed by atoms with Crippen LogP contribution in [0.15, 0.2) is 36.4 Å². The first-order chi connectivity index (χ1) is 12.9. The van der Waals surface area contributed by atoms with Crippen molar-refractivity contribution in [2.24, 2.45) is 0 Å². The zero-order valence-corrected chi connectivity index (χ0v) is 15.7. The summed E-state index contributed by atoms with van der Waals surface area (Å²) < 4.78 is 15.5. The summed E-state index contributed by atoms with van der Waals surface area (Å²) in [7, 11) is 2.73. The summed E-state index contributed by atoms with van der Waals surface area (Å²) >= 11 is 5.80. The number of halogens is 1. The molecule has 142 valence electrons. The summed E-state index contributed by atoms with van der Waals surface area (Å²) in [5, 5.41) is 3.13. The molecule has 0 unspecified atom stereocenters. The molecule has 1 N–H and O–H groups in total. The summed E-state index contributed by atoms with van der Waals surface area (Å²) in [4.78, 5) is 36.1. The second kappa shape index (κ2) is 9.05. The van der Waals surface area contributed by atoms with Crippen LogP contribution in [0.25, 0.3) is 0 Å². The molecule has 2 rings (SSSR count). The first-order valence-electron chi connectivity index (χ1n) is 7.88. The number of benzene rings is 2. The second-order valence-electron chi connectivity index (χ2n) is 5.43. The molecule has 0 bridgehead atoms. The van der Waals surface area contributed by atoms with Gasteiger partial charge in [0.1, 0.15) is 5.56 Å². The lowest BCUT2D eigenvalue weighted by Crippen LogP contribution is -2.30. The quantitative estimate of drug-likeness (QED) is 0.575. The third-order valence-electron chi connectivity index (χ3n) is 3.67. The summed E-state index contributed by atoms with van der Waals surface area (Å²) in [6.07, 6.45) is -0.625. The first-order valence-corrected chi connectivity index (χ1v) is 8.26. The van der Waals surface area contributed by atoms with Crippen molar-refractivity contribution in [3.63, 3.8) is 0 Å². The predicted octanol–water partition coefficient (Wildman–Crippen LogP) is 3.35. The fraction of sp³-hybridized carbons (Fsp3) is 0.211. The zero-order chi connectivity index (χ0) is 20.0. The molecular formula is C19H18ClNO6. The number of carbonyl (C=O) groups excluding carboxylic acids is 3. The topological polar surface area (TPSA) is 90.9 Å². The molecule has 7 nitrogen and oxygen atoms in total. The van der Waals surface area contributed by atoms with E-state index in [-0.39, 0.29) is 22.6 Å². The van der Waals surface area contributed by atoms with Crippen molar-refractivity contribution in [1.29, 1.82) is 0 Å². The minimum Gasteiger partial charge on any atom is -0.493 e. The fourth-order valence-corrected chi connectivity index (χ4v) is 2.43. The average Bonchev–Trinajstić information content (AvgIpc) is 2.68. The van der Waals surface area contributed by atoms with Crippen LogP contribution < -0.4 is 14.8 Å². The molecule has 0 saturated heterocycles. The Labute approximate surface area is 161 Å². The third-order valence-corrected chi connectivity index (χ3v) is 3.93. The van der Waals surface area contributed by atoms with Gasteiger partial charge in [-0.25, -0.2) is 4.79 Å². The van der Waals surface area contributed by atoms with Gasteiger partial charge in [0.25, 0.3) is 5.91 Å². The van der Waals surface area contributed by atoms with Crippen molar-refractivity contribution in [2.45, 2.75) is 13.0 Å². The number of anilines is 1. The molecule has 27 heavy (non-hydrogen) atoms. The molecule has 1 atom stereocenters. The molecule has 8 heteroatoms. The Bertz CT molecular complexity index is 850. The highest BCUT2D eigenvalue weighted by molar-refractivity contribution is 6.30. The average molecular weight is 392 g/mol. The predicted molar refractivity (Wildman–Crippen MR) is 99.9 cm³/mol. The third kappa shape index (κ3) is 4.77. The van der Waals surface area contributed by atoms with E-state index in [1.807, 2.05) is 0 Å². The van der Waals surface area contributed by atoms with Crippen molar-refractivity contribution >= 4 is 35.5 Å². The molecule has 0 aromatic heterocycles. The lowest BCUT2D eigenvalue weighted by molar-refractivity contribution is -0.123. The van der Waals surface area contributed by atoms with Crippen LogP contribution in [-0.2, 0) is 9.53 Å². The van der Waals surface area contributed by atoms with Gasteiger partial charge in [0.2, 0.25) is 0 Å². The Morgan fingerprint density at radius 2 is 1.74 bits per heavy atom. The SMILES string of the molecule is COc1ccc(C=O)c(C(=O)O[C@H](C)C(=O)Nc2ccc(Cl)cc2)c1OC. The molecule has 0 aliphatic rings. The normalized spacial score (nSPS) is 11.3. The van der Waals surface area contributed by atoms with Crippen molar-refractivity contribution in [2.75, 3.05) is 19.5 Å². The number of methoxy groups -OCH3 is 2. The molecule has 2 aromatic rings. The molecule has 0 aliphatic heterocycles. The number of nitrogens with one attached hydrogen (secondary N) is 1. The Balaban J connectivity index is 2.19. The van der Waals surface area contributed by atoms with Gasteiger partial charge in [-0.15, -0.1) is 0 Å². The maximum Gasteiger partial charge on any atom is 0.343 e. The number of rotatable bonds is 7. The number of hydrogen-bond acceptors (Lipinski definition) is 6. The lowest BCUT2D eigenvalue weighted by Gasteiger charge is -2.17. The van der Waals surface area contributed by atoms with Crippen molar-refractivity contribution in [3.8, 4) is 11.5 Å². The highest BCUT2D eigenvalue weighted by atomic mass is 35.5. The highest BCUT2D eigenvalue weighted by Crippen LogP contribution is 2.33. The van der Waals surface area contributed by atoms with Gasteiger partial charge < -0.3 is 19.5 Å². The largest absolute Gasteiger partial charge is 0.493 e. The van der Waals surface area contributed by atoms with Gasteiger partial charge in [-0.1, -0.05) is 11.6 Å². The van der Waals surface area contributed by atoms with E-state index < -0.39 is 18.0 Å². The summed E-state index contributed by atoms with van der Waals surface area (Å²) in [5.74, 6) is -1.11. The number of carbonyl (C=O) groups is 3. The van der Waals surface area contributed by atoms with Crippen LogP contribution in [0, 0.1) is 0 Å². The number of aldehydes is 1. The van der Waals surface area contributed by atoms with Crippen LogP contribution in [0.5, 0.6) is 11.5 Å². The Morgan fingerprint density at radius 1 is 1.07 bits per heavy atom. The van der Waals surface area contributed by atoms with Gasteiger partial charge in [-0.3, -0.25) is 9.59 Å². The van der Waals surface area contributed by atoms with E-state index in [1.165, 1.54) is 33.3 Å². The van der Waals surface area contributed by atoms with Crippen LogP contribution in [-0.4, -0.2) is 38.5 Å². The minimum atomic E-state index is -1.12. The van der Waals surface area contributed by atoms with Crippen molar-refractivity contribution < 1.29 is 28.6 Å². The zero-order valence-electron chi connectivity index (χ0n) is 14.9. The Hall–Kier alpha value is -3.06. The molecule has 0 radical (unpaired) electrons. The highest BCUT2D eigenvalue weighted by Gasteiger charge is 2.26. The summed E-state index contributed by atoms with van der Waals surface area (Å²) in [6, 6.07) is 9.37. The van der Waals surface area contributed by atoms with E-state index in [0.717, 1.165) is 0 Å². The molecule has 2 aromatic carbocycles. The summed E-state index contributed by atoms with van der Waals surface area (Å²) in [5.41, 5.74) is 0.445. The van der Waals surface area contributed by atoms with E-state index in [0.29, 0.717) is 17.0 Å². The maximum absolute atomic E-state index is 12.6. The first kappa shape index (κ1) is 20.3. The van der Waals surface area contributed by atoms with Gasteiger partial charge in [0, 0.05) is 16.3 Å². The second-order valence-corrected chi connectivity index (χ2v) is 5.86. The monoisotopic (exact) mass is 391 g/mol. The minimum absolute atomic E-state index is 0.0532. The van der Waals surface area contributed by atoms with Gasteiger partial charge >= 0.3 is 5.97 Å². The maximum atomic E-state index is 12.6. The van der Waals surface area contributed by atoms with Crippen LogP contribution in [0.3, 0.4) is 0 Å². The number of esters is 1. The van der Waals surface area contributed by atoms with Crippen molar-refractivity contribution in [1.82, 2.24) is 0 Å². The molecular weight excluding hydrogens is 374 g/mol. The van der Waals surface area contributed by atoms with Gasteiger partial charge in [0.05, 0.1) is 14.2 Å². The molecule has 0 fully saturated rings. The van der Waals surface area contributed by atoms with Crippen LogP contribution in [0.2, 0.25) is 5.02 Å². The molecule has 0 aliphatic carbocycles. The van der Waals surface area contributed by atoms with Crippen LogP contribution >= 0.6 is 11.6 Å². The molecule has 1 amide bonds. The van der Waals surface area contributed by atoms with E-state index in [1.54, 1.807) is 24.3 Å². The van der Waals surface area contributed by atoms with Crippen LogP contribution in [0.4, 0.5) is 5.69 Å². The Kier molecular flexibility index (Phi) is 6.79. The molecule has 0 spiro atoms. The number of amides is 1. The van der Waals surface area contributed by atoms with Gasteiger partial charge in [-0.2, -0.15) is 0 Å². The van der Waals surface area contributed by atoms with E-state index in [2.05, 4.69) is 5.32 Å². The lowest BCUT2D eigenvalue weighted by atomic mass is 10.1. The Morgan fingerprint density at radius 3 is 2.30 bits per heavy atom. The van der Waals surface area contributed by atoms with E-state index in [9.17, 15) is 14.4 Å². The van der Waals surface area contributed by atoms with Crippen molar-refractivity contribution in [3.05, 3.63) is 52.5 Å². The standard InChI is InChI=1S/C19H18ClNO6/c1-11(18(23)21-14-7-5-13(20)6-8-14)27-19(24)16-12(10-22)4-9-15(25-2)17(16)26-3/h4-11H,1-3H3,(H,21,23)/t11-/m1/s1. The smallest absolute Gasteiger partial charge is 0.343 e. The van der Waals surface area contributed by atoms with Gasteiger partial charge in [0.15, 0.2) is 23.9 Å². The van der Waals surface area contributed by atoms with E-state index >= 15 is 0 Å². The van der Waals surface area contributed by atoms with Gasteiger partial charge in [-0.05, 0) is 43.3 Å². The summed E-state index contributed by atoms with van der Waals surface area (Å²) in [6.45, 7) is 1.41. The number of hydrogen-bond donors (Lipinski definition) is 1. The van der Waals surface area contributed by atoms with E-state index in [4.69, 9.17) is 25.8 Å². The molecule has 0 saturated carbocycles. The fourth-order valence-electron chi connectivity index (χ4n) is 2.30. The molecule has 0 heterocycles. The van der Waals surface area contributed by atoms with Crippen LogP contribution in [0.1, 0.15) is 27.6 Å². The number of ether oxygens (including phenoxy) is 3.